The average Bonchev–Trinajstić information content (AvgIpc) is 2.69. The highest BCUT2D eigenvalue weighted by atomic mass is 32.2. The number of anilines is 1. The van der Waals surface area contributed by atoms with Gasteiger partial charge in [0.25, 0.3) is 0 Å². The van der Waals surface area contributed by atoms with E-state index < -0.39 is 10.0 Å². The maximum Gasteiger partial charge on any atom is 0.243 e. The first kappa shape index (κ1) is 20.4. The van der Waals surface area contributed by atoms with Crippen molar-refractivity contribution in [1.82, 2.24) is 4.31 Å². The van der Waals surface area contributed by atoms with Crippen LogP contribution >= 0.6 is 0 Å². The lowest BCUT2D eigenvalue weighted by Crippen LogP contribution is -2.33. The normalized spacial score (nSPS) is 16.4. The van der Waals surface area contributed by atoms with Crippen molar-refractivity contribution in [1.29, 1.82) is 0 Å². The summed E-state index contributed by atoms with van der Waals surface area (Å²) >= 11 is 0. The third-order valence-electron chi connectivity index (χ3n) is 5.03. The minimum atomic E-state index is -3.60. The molecule has 0 fully saturated rings. The van der Waals surface area contributed by atoms with Gasteiger partial charge in [0.15, 0.2) is 0 Å². The van der Waals surface area contributed by atoms with Crippen molar-refractivity contribution in [2.75, 3.05) is 25.0 Å². The number of nitrogens with one attached hydrogen (secondary N) is 1. The zero-order valence-corrected chi connectivity index (χ0v) is 17.3. The van der Waals surface area contributed by atoms with E-state index in [1.165, 1.54) is 4.31 Å². The summed E-state index contributed by atoms with van der Waals surface area (Å²) < 4.78 is 32.9. The minimum Gasteiger partial charge on any atom is -0.492 e. The zero-order chi connectivity index (χ0) is 20.3. The molecule has 6 nitrogen and oxygen atoms in total. The molecule has 1 atom stereocenters. The zero-order valence-electron chi connectivity index (χ0n) is 16.4. The standard InChI is InChI=1S/C21H26N2O4S/c1-4-23(5-2)28(25,26)20-13-18(11-10-15(20)3)22-21(24)17-12-16-8-6-7-9-19(16)27-14-17/h6-11,13,17H,4-5,12,14H2,1-3H3,(H,22,24). The van der Waals surface area contributed by atoms with Gasteiger partial charge in [-0.2, -0.15) is 4.31 Å². The van der Waals surface area contributed by atoms with Gasteiger partial charge in [-0.15, -0.1) is 0 Å². The van der Waals surface area contributed by atoms with Crippen LogP contribution in [-0.4, -0.2) is 38.3 Å². The molecule has 0 saturated carbocycles. The number of hydrogen-bond acceptors (Lipinski definition) is 4. The van der Waals surface area contributed by atoms with E-state index in [-0.39, 0.29) is 16.7 Å². The molecule has 1 amide bonds. The van der Waals surface area contributed by atoms with Crippen molar-refractivity contribution in [3.8, 4) is 5.75 Å². The van der Waals surface area contributed by atoms with Gasteiger partial charge in [-0.3, -0.25) is 4.79 Å². The molecule has 0 aliphatic carbocycles. The van der Waals surface area contributed by atoms with Crippen LogP contribution in [0.15, 0.2) is 47.4 Å². The Morgan fingerprint density at radius 3 is 2.61 bits per heavy atom. The first-order valence-corrected chi connectivity index (χ1v) is 10.9. The number of carbonyl (C=O) groups is 1. The van der Waals surface area contributed by atoms with Crippen LogP contribution in [0.25, 0.3) is 0 Å². The molecule has 1 N–H and O–H groups in total. The van der Waals surface area contributed by atoms with E-state index in [1.54, 1.807) is 25.1 Å². The molecule has 150 valence electrons. The fraction of sp³-hybridized carbons (Fsp3) is 0.381. The predicted molar refractivity (Wildman–Crippen MR) is 109 cm³/mol. The molecule has 1 unspecified atom stereocenters. The summed E-state index contributed by atoms with van der Waals surface area (Å²) in [6.07, 6.45) is 0.596. The second-order valence-electron chi connectivity index (χ2n) is 6.88. The smallest absolute Gasteiger partial charge is 0.243 e. The van der Waals surface area contributed by atoms with Gasteiger partial charge in [-0.05, 0) is 42.7 Å². The van der Waals surface area contributed by atoms with Gasteiger partial charge in [0.05, 0.1) is 10.8 Å². The Morgan fingerprint density at radius 1 is 1.18 bits per heavy atom. The number of hydrogen-bond donors (Lipinski definition) is 1. The molecule has 0 spiro atoms. The number of aryl methyl sites for hydroxylation is 1. The van der Waals surface area contributed by atoms with Gasteiger partial charge in [-0.1, -0.05) is 38.1 Å². The Balaban J connectivity index is 1.79. The van der Waals surface area contributed by atoms with Crippen molar-refractivity contribution in [2.24, 2.45) is 5.92 Å². The molecule has 1 heterocycles. The molecule has 2 aromatic carbocycles. The van der Waals surface area contributed by atoms with Crippen LogP contribution < -0.4 is 10.1 Å². The maximum absolute atomic E-state index is 12.9. The minimum absolute atomic E-state index is 0.176. The van der Waals surface area contributed by atoms with Crippen molar-refractivity contribution >= 4 is 21.6 Å². The molecule has 7 heteroatoms. The first-order valence-electron chi connectivity index (χ1n) is 9.49. The number of fused-ring (bicyclic) bond motifs is 1. The van der Waals surface area contributed by atoms with Crippen molar-refractivity contribution in [3.63, 3.8) is 0 Å². The monoisotopic (exact) mass is 402 g/mol. The lowest BCUT2D eigenvalue weighted by atomic mass is 9.96. The van der Waals surface area contributed by atoms with Crippen molar-refractivity contribution in [2.45, 2.75) is 32.1 Å². The number of nitrogens with zero attached hydrogens (tertiary/aromatic N) is 1. The summed E-state index contributed by atoms with van der Waals surface area (Å²) in [7, 11) is -3.60. The molecule has 0 aromatic heterocycles. The Labute approximate surface area is 166 Å². The highest BCUT2D eigenvalue weighted by molar-refractivity contribution is 7.89. The first-order chi connectivity index (χ1) is 13.4. The van der Waals surface area contributed by atoms with E-state index in [2.05, 4.69) is 5.32 Å². The van der Waals surface area contributed by atoms with Crippen LogP contribution in [0.3, 0.4) is 0 Å². The van der Waals surface area contributed by atoms with Crippen LogP contribution in [0.4, 0.5) is 5.69 Å². The molecule has 28 heavy (non-hydrogen) atoms. The van der Waals surface area contributed by atoms with E-state index in [0.717, 1.165) is 11.3 Å². The molecule has 0 bridgehead atoms. The average molecular weight is 403 g/mol. The fourth-order valence-electron chi connectivity index (χ4n) is 3.40. The molecular weight excluding hydrogens is 376 g/mol. The van der Waals surface area contributed by atoms with Gasteiger partial charge in [-0.25, -0.2) is 8.42 Å². The van der Waals surface area contributed by atoms with Gasteiger partial charge >= 0.3 is 0 Å². The van der Waals surface area contributed by atoms with Gasteiger partial charge in [0.2, 0.25) is 15.9 Å². The highest BCUT2D eigenvalue weighted by Crippen LogP contribution is 2.28. The number of sulfonamides is 1. The maximum atomic E-state index is 12.9. The number of amides is 1. The third-order valence-corrected chi connectivity index (χ3v) is 7.22. The molecule has 0 saturated heterocycles. The van der Waals surface area contributed by atoms with E-state index in [1.807, 2.05) is 38.1 Å². The van der Waals surface area contributed by atoms with Crippen LogP contribution in [0, 0.1) is 12.8 Å². The molecule has 2 aromatic rings. The summed E-state index contributed by atoms with van der Waals surface area (Å²) in [6.45, 7) is 6.47. The number of benzene rings is 2. The predicted octanol–water partition coefficient (Wildman–Crippen LogP) is 3.22. The second kappa shape index (κ2) is 8.32. The number of para-hydroxylation sites is 1. The van der Waals surface area contributed by atoms with Crippen LogP contribution in [0.1, 0.15) is 25.0 Å². The van der Waals surface area contributed by atoms with E-state index >= 15 is 0 Å². The second-order valence-corrected chi connectivity index (χ2v) is 8.78. The molecular formula is C21H26N2O4S. The topological polar surface area (TPSA) is 75.7 Å². The highest BCUT2D eigenvalue weighted by Gasteiger charge is 2.27. The van der Waals surface area contributed by atoms with Crippen LogP contribution in [0.2, 0.25) is 0 Å². The van der Waals surface area contributed by atoms with E-state index in [4.69, 9.17) is 4.74 Å². The summed E-state index contributed by atoms with van der Waals surface area (Å²) in [6, 6.07) is 12.7. The molecule has 1 aliphatic heterocycles. The van der Waals surface area contributed by atoms with Gasteiger partial charge in [0, 0.05) is 18.8 Å². The fourth-order valence-corrected chi connectivity index (χ4v) is 5.11. The van der Waals surface area contributed by atoms with Gasteiger partial charge in [0.1, 0.15) is 12.4 Å². The van der Waals surface area contributed by atoms with Crippen molar-refractivity contribution in [3.05, 3.63) is 53.6 Å². The number of ether oxygens (including phenoxy) is 1. The molecule has 3 rings (SSSR count). The van der Waals surface area contributed by atoms with Gasteiger partial charge < -0.3 is 10.1 Å². The molecule has 1 aliphatic rings. The van der Waals surface area contributed by atoms with Crippen LogP contribution in [-0.2, 0) is 21.2 Å². The quantitative estimate of drug-likeness (QED) is 0.805. The Kier molecular flexibility index (Phi) is 6.05. The number of carbonyl (C=O) groups excluding carboxylic acids is 1. The third kappa shape index (κ3) is 4.05. The largest absolute Gasteiger partial charge is 0.492 e. The van der Waals surface area contributed by atoms with Crippen molar-refractivity contribution < 1.29 is 17.9 Å². The lowest BCUT2D eigenvalue weighted by molar-refractivity contribution is -0.121. The number of rotatable bonds is 6. The van der Waals surface area contributed by atoms with E-state index in [0.29, 0.717) is 37.4 Å². The lowest BCUT2D eigenvalue weighted by Gasteiger charge is -2.25. The summed E-state index contributed by atoms with van der Waals surface area (Å²) in [4.78, 5) is 12.9. The SMILES string of the molecule is CCN(CC)S(=O)(=O)c1cc(NC(=O)C2COc3ccccc3C2)ccc1C. The Morgan fingerprint density at radius 2 is 1.89 bits per heavy atom. The summed E-state index contributed by atoms with van der Waals surface area (Å²) in [5.41, 5.74) is 2.13. The van der Waals surface area contributed by atoms with Crippen LogP contribution in [0.5, 0.6) is 5.75 Å². The van der Waals surface area contributed by atoms with E-state index in [9.17, 15) is 13.2 Å². The Bertz CT molecular complexity index is 968. The Hall–Kier alpha value is -2.38. The summed E-state index contributed by atoms with van der Waals surface area (Å²) in [5.74, 6) is 0.318. The summed E-state index contributed by atoms with van der Waals surface area (Å²) in [5, 5.41) is 2.86. The molecule has 0 radical (unpaired) electrons.